The molecule has 0 aliphatic carbocycles. The molecule has 1 fully saturated rings. The molecule has 144 valence electrons. The van der Waals surface area contributed by atoms with Crippen LogP contribution in [0.4, 0.5) is 5.13 Å². The number of halogens is 1. The minimum absolute atomic E-state index is 0. The van der Waals surface area contributed by atoms with Crippen LogP contribution in [0.5, 0.6) is 0 Å². The SMILES string of the molecule is CN=C(NCc1csc(N(C)C)n1)N1CCOC(c2cnn(C)c2)C1.I. The van der Waals surface area contributed by atoms with Crippen molar-refractivity contribution in [3.63, 3.8) is 0 Å². The molecule has 10 heteroatoms. The minimum Gasteiger partial charge on any atom is -0.370 e. The highest BCUT2D eigenvalue weighted by molar-refractivity contribution is 14.0. The van der Waals surface area contributed by atoms with E-state index in [1.165, 1.54) is 0 Å². The number of ether oxygens (including phenoxy) is 1. The van der Waals surface area contributed by atoms with Crippen LogP contribution in [0.1, 0.15) is 17.4 Å². The maximum absolute atomic E-state index is 5.90. The van der Waals surface area contributed by atoms with Gasteiger partial charge in [-0.05, 0) is 0 Å². The number of guanidine groups is 1. The molecule has 1 aliphatic heterocycles. The van der Waals surface area contributed by atoms with Crippen molar-refractivity contribution in [3.05, 3.63) is 29.0 Å². The third-order valence-electron chi connectivity index (χ3n) is 4.02. The minimum atomic E-state index is 0. The molecule has 1 aliphatic rings. The lowest BCUT2D eigenvalue weighted by Crippen LogP contribution is -2.47. The van der Waals surface area contributed by atoms with Gasteiger partial charge in [-0.15, -0.1) is 35.3 Å². The Labute approximate surface area is 175 Å². The first-order valence-corrected chi connectivity index (χ1v) is 9.12. The van der Waals surface area contributed by atoms with Crippen molar-refractivity contribution in [2.24, 2.45) is 12.0 Å². The van der Waals surface area contributed by atoms with Crippen LogP contribution in [0.3, 0.4) is 0 Å². The van der Waals surface area contributed by atoms with Gasteiger partial charge in [0.15, 0.2) is 11.1 Å². The highest BCUT2D eigenvalue weighted by atomic mass is 127. The van der Waals surface area contributed by atoms with Crippen molar-refractivity contribution in [1.29, 1.82) is 0 Å². The lowest BCUT2D eigenvalue weighted by atomic mass is 10.1. The molecule has 0 radical (unpaired) electrons. The molecule has 0 spiro atoms. The largest absolute Gasteiger partial charge is 0.370 e. The Morgan fingerprint density at radius 2 is 2.31 bits per heavy atom. The zero-order chi connectivity index (χ0) is 17.8. The first-order valence-electron chi connectivity index (χ1n) is 8.24. The van der Waals surface area contributed by atoms with Gasteiger partial charge in [-0.3, -0.25) is 9.67 Å². The molecule has 2 aromatic rings. The van der Waals surface area contributed by atoms with E-state index in [4.69, 9.17) is 4.74 Å². The van der Waals surface area contributed by atoms with Crippen molar-refractivity contribution >= 4 is 46.4 Å². The number of nitrogens with one attached hydrogen (secondary N) is 1. The lowest BCUT2D eigenvalue weighted by Gasteiger charge is -2.34. The molecule has 3 heterocycles. The van der Waals surface area contributed by atoms with Crippen LogP contribution < -0.4 is 10.2 Å². The highest BCUT2D eigenvalue weighted by Crippen LogP contribution is 2.22. The Morgan fingerprint density at radius 1 is 1.50 bits per heavy atom. The number of morpholine rings is 1. The monoisotopic (exact) mass is 491 g/mol. The van der Waals surface area contributed by atoms with Crippen LogP contribution >= 0.6 is 35.3 Å². The molecule has 1 saturated heterocycles. The molecule has 26 heavy (non-hydrogen) atoms. The number of aromatic nitrogens is 3. The van der Waals surface area contributed by atoms with Gasteiger partial charge in [0, 0.05) is 51.9 Å². The van der Waals surface area contributed by atoms with Gasteiger partial charge in [-0.2, -0.15) is 5.10 Å². The summed E-state index contributed by atoms with van der Waals surface area (Å²) in [4.78, 5) is 13.3. The number of aryl methyl sites for hydroxylation is 1. The Bertz CT molecular complexity index is 730. The predicted octanol–water partition coefficient (Wildman–Crippen LogP) is 1.71. The summed E-state index contributed by atoms with van der Waals surface area (Å²) in [5.74, 6) is 0.872. The summed E-state index contributed by atoms with van der Waals surface area (Å²) in [7, 11) is 7.73. The first-order chi connectivity index (χ1) is 12.1. The molecular weight excluding hydrogens is 465 g/mol. The lowest BCUT2D eigenvalue weighted by molar-refractivity contribution is -0.00805. The van der Waals surface area contributed by atoms with Gasteiger partial charge in [-0.25, -0.2) is 4.98 Å². The van der Waals surface area contributed by atoms with E-state index in [0.29, 0.717) is 13.2 Å². The summed E-state index contributed by atoms with van der Waals surface area (Å²) in [6.45, 7) is 2.90. The van der Waals surface area contributed by atoms with E-state index >= 15 is 0 Å². The fourth-order valence-corrected chi connectivity index (χ4v) is 3.49. The van der Waals surface area contributed by atoms with Crippen molar-refractivity contribution in [2.45, 2.75) is 12.6 Å². The number of hydrogen-bond donors (Lipinski definition) is 1. The zero-order valence-corrected chi connectivity index (χ0v) is 18.7. The van der Waals surface area contributed by atoms with Gasteiger partial charge < -0.3 is 19.9 Å². The fraction of sp³-hybridized carbons (Fsp3) is 0.562. The van der Waals surface area contributed by atoms with Crippen molar-refractivity contribution in [1.82, 2.24) is 25.0 Å². The van der Waals surface area contributed by atoms with Crippen molar-refractivity contribution < 1.29 is 4.74 Å². The Balaban J connectivity index is 0.00000243. The molecule has 0 bridgehead atoms. The second kappa shape index (κ2) is 9.51. The molecule has 0 saturated carbocycles. The van der Waals surface area contributed by atoms with Crippen LogP contribution in [0.25, 0.3) is 0 Å². The van der Waals surface area contributed by atoms with E-state index in [9.17, 15) is 0 Å². The van der Waals surface area contributed by atoms with Crippen LogP contribution in [0, 0.1) is 0 Å². The van der Waals surface area contributed by atoms with E-state index in [1.807, 2.05) is 45.5 Å². The molecule has 0 aromatic carbocycles. The third kappa shape index (κ3) is 5.07. The third-order valence-corrected chi connectivity index (χ3v) is 5.08. The van der Waals surface area contributed by atoms with Crippen LogP contribution in [-0.2, 0) is 18.3 Å². The van der Waals surface area contributed by atoms with Gasteiger partial charge in [0.05, 0.1) is 31.6 Å². The maximum atomic E-state index is 5.90. The van der Waals surface area contributed by atoms with Crippen molar-refractivity contribution in [2.75, 3.05) is 45.7 Å². The van der Waals surface area contributed by atoms with Crippen LogP contribution in [0.2, 0.25) is 0 Å². The highest BCUT2D eigenvalue weighted by Gasteiger charge is 2.25. The van der Waals surface area contributed by atoms with Gasteiger partial charge in [-0.1, -0.05) is 0 Å². The number of nitrogens with zero attached hydrogens (tertiary/aromatic N) is 6. The van der Waals surface area contributed by atoms with Crippen LogP contribution in [-0.4, -0.2) is 66.5 Å². The van der Waals surface area contributed by atoms with E-state index in [1.54, 1.807) is 16.0 Å². The summed E-state index contributed by atoms with van der Waals surface area (Å²) >= 11 is 1.64. The molecule has 1 N–H and O–H groups in total. The number of rotatable bonds is 4. The summed E-state index contributed by atoms with van der Waals surface area (Å²) in [5.41, 5.74) is 2.12. The normalized spacial score (nSPS) is 17.8. The Hall–Kier alpha value is -1.40. The standard InChI is InChI=1S/C16H25N7OS.HI/c1-17-15(18-8-13-11-25-16(20-13)21(2)3)23-5-6-24-14(10-23)12-7-19-22(4)9-12;/h7,9,11,14H,5-6,8,10H2,1-4H3,(H,17,18);1H. The molecule has 1 atom stereocenters. The number of thiazole rings is 1. The van der Waals surface area contributed by atoms with Crippen LogP contribution in [0.15, 0.2) is 22.8 Å². The van der Waals surface area contributed by atoms with Gasteiger partial charge in [0.25, 0.3) is 0 Å². The molecular formula is C16H26IN7OS. The average molecular weight is 491 g/mol. The summed E-state index contributed by atoms with van der Waals surface area (Å²) in [5, 5.41) is 10.7. The Kier molecular flexibility index (Phi) is 7.65. The summed E-state index contributed by atoms with van der Waals surface area (Å²) in [6.07, 6.45) is 3.88. The second-order valence-corrected chi connectivity index (χ2v) is 7.01. The average Bonchev–Trinajstić information content (AvgIpc) is 3.25. The van der Waals surface area contributed by atoms with E-state index in [2.05, 4.69) is 30.7 Å². The molecule has 0 amide bonds. The zero-order valence-electron chi connectivity index (χ0n) is 15.5. The number of aliphatic imine (C=N–C) groups is 1. The number of hydrogen-bond acceptors (Lipinski definition) is 6. The molecule has 3 rings (SSSR count). The van der Waals surface area contributed by atoms with Gasteiger partial charge in [0.1, 0.15) is 6.10 Å². The molecule has 2 aromatic heterocycles. The second-order valence-electron chi connectivity index (χ2n) is 6.17. The molecule has 1 unspecified atom stereocenters. The first kappa shape index (κ1) is 20.9. The smallest absolute Gasteiger partial charge is 0.194 e. The van der Waals surface area contributed by atoms with Crippen molar-refractivity contribution in [3.8, 4) is 0 Å². The van der Waals surface area contributed by atoms with E-state index < -0.39 is 0 Å². The summed E-state index contributed by atoms with van der Waals surface area (Å²) < 4.78 is 7.70. The van der Waals surface area contributed by atoms with Gasteiger partial charge in [0.2, 0.25) is 0 Å². The summed E-state index contributed by atoms with van der Waals surface area (Å²) in [6, 6.07) is 0. The Morgan fingerprint density at radius 3 is 2.92 bits per heavy atom. The predicted molar refractivity (Wildman–Crippen MR) is 116 cm³/mol. The van der Waals surface area contributed by atoms with Gasteiger partial charge >= 0.3 is 0 Å². The quantitative estimate of drug-likeness (QED) is 0.399. The fourth-order valence-electron chi connectivity index (χ4n) is 2.73. The topological polar surface area (TPSA) is 70.8 Å². The number of anilines is 1. The molecule has 8 nitrogen and oxygen atoms in total. The maximum Gasteiger partial charge on any atom is 0.194 e. The van der Waals surface area contributed by atoms with E-state index in [-0.39, 0.29) is 30.1 Å². The van der Waals surface area contributed by atoms with E-state index in [0.717, 1.165) is 35.4 Å².